The lowest BCUT2D eigenvalue weighted by atomic mass is 10.1. The summed E-state index contributed by atoms with van der Waals surface area (Å²) in [5, 5.41) is 6.76. The van der Waals surface area contributed by atoms with Crippen LogP contribution in [0, 0.1) is 0 Å². The maximum Gasteiger partial charge on any atom is 0.273 e. The molecule has 9 heteroatoms. The second kappa shape index (κ2) is 11.3. The Kier molecular flexibility index (Phi) is 7.51. The van der Waals surface area contributed by atoms with Crippen LogP contribution in [0.15, 0.2) is 87.9 Å². The largest absolute Gasteiger partial charge is 0.454 e. The topological polar surface area (TPSA) is 93.9 Å². The van der Waals surface area contributed by atoms with E-state index in [-0.39, 0.29) is 30.8 Å². The normalized spacial score (nSPS) is 11.8. The van der Waals surface area contributed by atoms with E-state index in [1.54, 1.807) is 17.0 Å². The number of carbonyl (C=O) groups excluding carboxylic acids is 2. The lowest BCUT2D eigenvalue weighted by molar-refractivity contribution is 0.0728. The zero-order valence-corrected chi connectivity index (χ0v) is 21.4. The third-order valence-corrected chi connectivity index (χ3v) is 6.62. The average Bonchev–Trinajstić information content (AvgIpc) is 3.59. The predicted molar refractivity (Wildman–Crippen MR) is 139 cm³/mol. The fourth-order valence-corrected chi connectivity index (χ4v) is 4.43. The van der Waals surface area contributed by atoms with E-state index < -0.39 is 0 Å². The summed E-state index contributed by atoms with van der Waals surface area (Å²) in [6, 6.07) is 24.3. The minimum atomic E-state index is -0.374. The van der Waals surface area contributed by atoms with Gasteiger partial charge in [0.05, 0.1) is 12.1 Å². The van der Waals surface area contributed by atoms with Crippen LogP contribution in [0.1, 0.15) is 37.7 Å². The van der Waals surface area contributed by atoms with Gasteiger partial charge in [-0.05, 0) is 57.7 Å². The van der Waals surface area contributed by atoms with E-state index in [1.165, 1.54) is 0 Å². The van der Waals surface area contributed by atoms with Crippen LogP contribution in [0.5, 0.6) is 11.5 Å². The van der Waals surface area contributed by atoms with Crippen molar-refractivity contribution in [3.8, 4) is 11.5 Å². The summed E-state index contributed by atoms with van der Waals surface area (Å²) in [6.45, 7) is 1.13. The van der Waals surface area contributed by atoms with Gasteiger partial charge in [0, 0.05) is 23.6 Å². The van der Waals surface area contributed by atoms with Crippen molar-refractivity contribution < 1.29 is 23.6 Å². The molecule has 8 nitrogen and oxygen atoms in total. The molecule has 3 aromatic carbocycles. The van der Waals surface area contributed by atoms with Gasteiger partial charge in [-0.25, -0.2) is 0 Å². The Morgan fingerprint density at radius 3 is 2.54 bits per heavy atom. The molecule has 1 N–H and O–H groups in total. The van der Waals surface area contributed by atoms with Gasteiger partial charge < -0.3 is 24.2 Å². The molecule has 1 aromatic heterocycles. The van der Waals surface area contributed by atoms with Crippen molar-refractivity contribution in [2.24, 2.45) is 0 Å². The number of amides is 2. The van der Waals surface area contributed by atoms with Gasteiger partial charge in [0.15, 0.2) is 23.0 Å². The van der Waals surface area contributed by atoms with E-state index >= 15 is 0 Å². The zero-order chi connectivity index (χ0) is 25.6. The quantitative estimate of drug-likeness (QED) is 0.309. The molecule has 0 atom stereocenters. The second-order valence-electron chi connectivity index (χ2n) is 8.49. The van der Waals surface area contributed by atoms with Crippen molar-refractivity contribution in [2.75, 3.05) is 13.3 Å². The first kappa shape index (κ1) is 24.6. The van der Waals surface area contributed by atoms with Crippen LogP contribution < -0.4 is 14.8 Å². The Morgan fingerprint density at radius 2 is 1.70 bits per heavy atom. The summed E-state index contributed by atoms with van der Waals surface area (Å²) in [5.41, 5.74) is 2.69. The van der Waals surface area contributed by atoms with Crippen molar-refractivity contribution >= 4 is 27.7 Å². The minimum Gasteiger partial charge on any atom is -0.454 e. The molecule has 0 saturated heterocycles. The van der Waals surface area contributed by atoms with E-state index in [4.69, 9.17) is 14.0 Å². The molecular formula is C28H24BrN3O5. The van der Waals surface area contributed by atoms with E-state index in [9.17, 15) is 9.59 Å². The molecule has 2 heterocycles. The maximum atomic E-state index is 13.4. The summed E-state index contributed by atoms with van der Waals surface area (Å²) >= 11 is 3.47. The number of hydrogen-bond donors (Lipinski definition) is 1. The molecule has 188 valence electrons. The highest BCUT2D eigenvalue weighted by Crippen LogP contribution is 2.32. The van der Waals surface area contributed by atoms with E-state index in [0.717, 1.165) is 11.1 Å². The number of ether oxygens (including phenoxy) is 2. The van der Waals surface area contributed by atoms with E-state index in [2.05, 4.69) is 26.4 Å². The van der Waals surface area contributed by atoms with E-state index in [1.807, 2.05) is 66.7 Å². The van der Waals surface area contributed by atoms with Crippen molar-refractivity contribution in [1.82, 2.24) is 15.4 Å². The molecule has 0 saturated carbocycles. The van der Waals surface area contributed by atoms with Crippen molar-refractivity contribution in [1.29, 1.82) is 0 Å². The number of nitrogens with one attached hydrogen (secondary N) is 1. The third-order valence-electron chi connectivity index (χ3n) is 5.93. The van der Waals surface area contributed by atoms with Gasteiger partial charge in [-0.3, -0.25) is 9.59 Å². The summed E-state index contributed by atoms with van der Waals surface area (Å²) in [4.78, 5) is 27.8. The van der Waals surface area contributed by atoms with Crippen LogP contribution in [-0.4, -0.2) is 35.2 Å². The smallest absolute Gasteiger partial charge is 0.273 e. The van der Waals surface area contributed by atoms with Gasteiger partial charge in [0.1, 0.15) is 0 Å². The van der Waals surface area contributed by atoms with Crippen LogP contribution in [0.2, 0.25) is 0 Å². The lowest BCUT2D eigenvalue weighted by Gasteiger charge is -2.22. The van der Waals surface area contributed by atoms with Gasteiger partial charge in [-0.1, -0.05) is 53.7 Å². The summed E-state index contributed by atoms with van der Waals surface area (Å²) in [7, 11) is 0. The first-order chi connectivity index (χ1) is 18.1. The molecule has 1 aliphatic rings. The number of halogens is 1. The predicted octanol–water partition coefficient (Wildman–Crippen LogP) is 4.98. The highest BCUT2D eigenvalue weighted by atomic mass is 79.9. The maximum absolute atomic E-state index is 13.4. The first-order valence-corrected chi connectivity index (χ1v) is 12.6. The highest BCUT2D eigenvalue weighted by molar-refractivity contribution is 9.10. The molecule has 0 bridgehead atoms. The van der Waals surface area contributed by atoms with Gasteiger partial charge in [0.2, 0.25) is 6.79 Å². The van der Waals surface area contributed by atoms with Gasteiger partial charge in [0.25, 0.3) is 11.8 Å². The minimum absolute atomic E-state index is 0.145. The molecule has 0 unspecified atom stereocenters. The van der Waals surface area contributed by atoms with Crippen LogP contribution in [0.25, 0.3) is 0 Å². The Labute approximate surface area is 222 Å². The summed E-state index contributed by atoms with van der Waals surface area (Å²) in [6.07, 6.45) is 0.675. The number of benzene rings is 3. The molecule has 37 heavy (non-hydrogen) atoms. The third kappa shape index (κ3) is 6.00. The second-order valence-corrected chi connectivity index (χ2v) is 9.35. The molecule has 0 radical (unpaired) electrons. The SMILES string of the molecule is O=C(NCc1ccc2c(c1)OCO2)c1cc(CN(CCc2ccccc2)C(=O)c2ccccc2Br)on1. The van der Waals surface area contributed by atoms with E-state index in [0.29, 0.717) is 46.8 Å². The Hall–Kier alpha value is -4.11. The van der Waals surface area contributed by atoms with Gasteiger partial charge in [-0.2, -0.15) is 0 Å². The van der Waals surface area contributed by atoms with Crippen molar-refractivity contribution in [3.63, 3.8) is 0 Å². The molecule has 0 fully saturated rings. The number of fused-ring (bicyclic) bond motifs is 1. The summed E-state index contributed by atoms with van der Waals surface area (Å²) in [5.74, 6) is 1.24. The molecule has 5 rings (SSSR count). The monoisotopic (exact) mass is 561 g/mol. The molecule has 4 aromatic rings. The Bertz CT molecular complexity index is 1410. The molecule has 0 aliphatic carbocycles. The van der Waals surface area contributed by atoms with Crippen LogP contribution in [-0.2, 0) is 19.5 Å². The average molecular weight is 562 g/mol. The highest BCUT2D eigenvalue weighted by Gasteiger charge is 2.22. The number of hydrogen-bond acceptors (Lipinski definition) is 6. The Balaban J connectivity index is 1.26. The standard InChI is InChI=1S/C28H24BrN3O5/c29-23-9-5-4-8-22(23)28(34)32(13-12-19-6-2-1-3-7-19)17-21-15-24(31-37-21)27(33)30-16-20-10-11-25-26(14-20)36-18-35-25/h1-11,14-15H,12-13,16-18H2,(H,30,33). The lowest BCUT2D eigenvalue weighted by Crippen LogP contribution is -2.32. The van der Waals surface area contributed by atoms with Gasteiger partial charge >= 0.3 is 0 Å². The van der Waals surface area contributed by atoms with Crippen LogP contribution in [0.4, 0.5) is 0 Å². The fraction of sp³-hybridized carbons (Fsp3) is 0.179. The number of nitrogens with zero attached hydrogens (tertiary/aromatic N) is 2. The molecule has 0 spiro atoms. The summed E-state index contributed by atoms with van der Waals surface area (Å²) < 4.78 is 16.9. The molecule has 2 amide bonds. The van der Waals surface area contributed by atoms with Crippen LogP contribution >= 0.6 is 15.9 Å². The van der Waals surface area contributed by atoms with Crippen LogP contribution in [0.3, 0.4) is 0 Å². The number of aromatic nitrogens is 1. The molecular weight excluding hydrogens is 538 g/mol. The molecule has 1 aliphatic heterocycles. The van der Waals surface area contributed by atoms with Gasteiger partial charge in [-0.15, -0.1) is 0 Å². The first-order valence-electron chi connectivity index (χ1n) is 11.8. The van der Waals surface area contributed by atoms with Crippen molar-refractivity contribution in [3.05, 3.63) is 111 Å². The van der Waals surface area contributed by atoms with Crippen molar-refractivity contribution in [2.45, 2.75) is 19.5 Å². The number of carbonyl (C=O) groups is 2. The zero-order valence-electron chi connectivity index (χ0n) is 19.9. The Morgan fingerprint density at radius 1 is 0.919 bits per heavy atom. The number of rotatable bonds is 9. The fourth-order valence-electron chi connectivity index (χ4n) is 3.97.